The van der Waals surface area contributed by atoms with Crippen LogP contribution in [0.15, 0.2) is 24.3 Å². The summed E-state index contributed by atoms with van der Waals surface area (Å²) in [6.07, 6.45) is -0.714. The van der Waals surface area contributed by atoms with Crippen LogP contribution < -0.4 is 11.1 Å². The van der Waals surface area contributed by atoms with Crippen LogP contribution in [0.1, 0.15) is 42.6 Å². The molecule has 0 aliphatic heterocycles. The number of carboxylic acids is 1. The largest absolute Gasteiger partial charge is 0.476 e. The average Bonchev–Trinajstić information content (AvgIpc) is 3.67. The Bertz CT molecular complexity index is 1500. The fraction of sp³-hybridized carbons (Fsp3) is 0.300. The number of carbonyl (C=O) groups is 2. The van der Waals surface area contributed by atoms with Crippen molar-refractivity contribution in [2.75, 3.05) is 11.1 Å². The van der Waals surface area contributed by atoms with E-state index in [0.717, 1.165) is 17.8 Å². The predicted molar refractivity (Wildman–Crippen MR) is 145 cm³/mol. The van der Waals surface area contributed by atoms with Crippen molar-refractivity contribution >= 4 is 41.2 Å². The highest BCUT2D eigenvalue weighted by molar-refractivity contribution is 5.85. The van der Waals surface area contributed by atoms with Gasteiger partial charge >= 0.3 is 29.5 Å². The number of nitrogens with one attached hydrogen (secondary N) is 5. The minimum absolute atomic E-state index is 0.0425. The molecule has 0 fully saturated rings. The van der Waals surface area contributed by atoms with E-state index < -0.39 is 38.3 Å². The Labute approximate surface area is 239 Å². The van der Waals surface area contributed by atoms with Crippen LogP contribution in [0.4, 0.5) is 33.9 Å². The van der Waals surface area contributed by atoms with Gasteiger partial charge in [0.1, 0.15) is 11.4 Å². The van der Waals surface area contributed by atoms with E-state index in [4.69, 9.17) is 15.6 Å². The number of amides is 1. The molecule has 43 heavy (non-hydrogen) atoms. The van der Waals surface area contributed by atoms with E-state index in [2.05, 4.69) is 41.0 Å². The van der Waals surface area contributed by atoms with Gasteiger partial charge in [-0.15, -0.1) is 15.3 Å². The first-order valence-corrected chi connectivity index (χ1v) is 11.4. The number of ether oxygens (including phenoxy) is 1. The molecule has 1 amide bonds. The Morgan fingerprint density at radius 2 is 1.35 bits per heavy atom. The van der Waals surface area contributed by atoms with Gasteiger partial charge in [0.15, 0.2) is 11.5 Å². The summed E-state index contributed by atoms with van der Waals surface area (Å²) in [4.78, 5) is 49.7. The average molecular weight is 610 g/mol. The topological polar surface area (TPSA) is 346 Å². The molecule has 0 saturated heterocycles. The lowest BCUT2D eigenvalue weighted by Gasteiger charge is -2.18. The normalized spacial score (nSPS) is 9.98. The van der Waals surface area contributed by atoms with Crippen LogP contribution in [0.2, 0.25) is 0 Å². The second-order valence-electron chi connectivity index (χ2n) is 8.85. The number of nitrogen functional groups attached to an aromatic ring is 1. The molecule has 0 aromatic carbocycles. The number of aromatic carboxylic acids is 1. The molecule has 23 heteroatoms. The third kappa shape index (κ3) is 13.5. The Balaban J connectivity index is 0.000000300. The van der Waals surface area contributed by atoms with Gasteiger partial charge in [0.05, 0.1) is 23.9 Å². The van der Waals surface area contributed by atoms with E-state index in [9.17, 15) is 39.9 Å². The summed E-state index contributed by atoms with van der Waals surface area (Å²) in [5.74, 6) is -1.49. The third-order valence-corrected chi connectivity index (χ3v) is 3.99. The van der Waals surface area contributed by atoms with Crippen LogP contribution in [0.3, 0.4) is 0 Å². The number of rotatable bonds is 5. The molecule has 0 unspecified atom stereocenters. The maximum Gasteiger partial charge on any atom is 0.413 e. The maximum absolute atomic E-state index is 11.3. The standard InChI is InChI=1S/C8H12N4O4.C4H3N3O4.C4H5N3O2.C4H7N3/c1-8(2,3)16-7(13)9-5-4-6(11-10-5)12(14)15;8-4(9)2-1-3(6-5-2)7(10)11;1-3-2-4(6-5-3)7(8)9;1-3-2-4(5)7-6-3/h4H,1-3H3,(H2,9,10,11,13);1H,(H,5,6)(H,8,9);2H,1H3,(H,5,6);2H,1H3,(H3,5,6,7). The second-order valence-corrected chi connectivity index (χ2v) is 8.85. The minimum Gasteiger partial charge on any atom is -0.476 e. The fourth-order valence-corrected chi connectivity index (χ4v) is 2.33. The highest BCUT2D eigenvalue weighted by Crippen LogP contribution is 2.14. The summed E-state index contributed by atoms with van der Waals surface area (Å²) in [7, 11) is 0. The number of aromatic amines is 4. The second kappa shape index (κ2) is 15.4. The van der Waals surface area contributed by atoms with Gasteiger partial charge in [-0.05, 0) is 49.4 Å². The highest BCUT2D eigenvalue weighted by Gasteiger charge is 2.18. The van der Waals surface area contributed by atoms with Gasteiger partial charge in [-0.25, -0.2) is 9.59 Å². The maximum atomic E-state index is 11.3. The van der Waals surface area contributed by atoms with Crippen molar-refractivity contribution in [3.63, 3.8) is 0 Å². The zero-order valence-electron chi connectivity index (χ0n) is 23.1. The Hall–Kier alpha value is -6.42. The van der Waals surface area contributed by atoms with Crippen LogP contribution in [-0.4, -0.2) is 78.3 Å². The van der Waals surface area contributed by atoms with E-state index in [-0.39, 0.29) is 23.1 Å². The summed E-state index contributed by atoms with van der Waals surface area (Å²) in [5, 5.41) is 63.8. The quantitative estimate of drug-likeness (QED) is 0.126. The number of anilines is 2. The molecule has 4 aromatic heterocycles. The number of aromatic nitrogens is 8. The predicted octanol–water partition coefficient (Wildman–Crippen LogP) is 2.61. The van der Waals surface area contributed by atoms with E-state index in [0.29, 0.717) is 11.5 Å². The number of hydrogen-bond acceptors (Lipinski definition) is 14. The lowest BCUT2D eigenvalue weighted by molar-refractivity contribution is -0.389. The van der Waals surface area contributed by atoms with Crippen LogP contribution >= 0.6 is 0 Å². The molecule has 8 N–H and O–H groups in total. The molecule has 232 valence electrons. The smallest absolute Gasteiger partial charge is 0.413 e. The number of nitro groups is 3. The van der Waals surface area contributed by atoms with E-state index in [1.165, 1.54) is 6.07 Å². The van der Waals surface area contributed by atoms with E-state index in [1.807, 2.05) is 12.0 Å². The molecule has 4 rings (SSSR count). The van der Waals surface area contributed by atoms with Crippen LogP contribution in [0, 0.1) is 44.2 Å². The Morgan fingerprint density at radius 1 is 0.837 bits per heavy atom. The van der Waals surface area contributed by atoms with Crippen molar-refractivity contribution in [3.8, 4) is 0 Å². The Kier molecular flexibility index (Phi) is 12.4. The van der Waals surface area contributed by atoms with E-state index in [1.54, 1.807) is 33.8 Å². The van der Waals surface area contributed by atoms with Gasteiger partial charge in [0.2, 0.25) is 0 Å². The SMILES string of the molecule is CC(C)(C)OC(=O)Nc1cc([N+](=O)[O-])[nH]n1.Cc1cc(N)n[nH]1.Cc1cc([N+](=O)[O-])[nH]n1.O=C(O)c1cc([N+](=O)[O-])[nH]n1. The lowest BCUT2D eigenvalue weighted by atomic mass is 10.2. The number of carbonyl (C=O) groups excluding carboxylic acids is 1. The molecule has 0 atom stereocenters. The summed E-state index contributed by atoms with van der Waals surface area (Å²) in [6.45, 7) is 8.71. The van der Waals surface area contributed by atoms with Crippen LogP contribution in [-0.2, 0) is 4.74 Å². The van der Waals surface area contributed by atoms with Gasteiger partial charge in [-0.3, -0.25) is 10.4 Å². The first-order chi connectivity index (χ1) is 19.9. The molecule has 0 radical (unpaired) electrons. The zero-order valence-corrected chi connectivity index (χ0v) is 23.1. The molecule has 4 heterocycles. The summed E-state index contributed by atoms with van der Waals surface area (Å²) < 4.78 is 4.94. The number of aryl methyl sites for hydroxylation is 2. The summed E-state index contributed by atoms with van der Waals surface area (Å²) in [5.41, 5.74) is 5.86. The zero-order chi connectivity index (χ0) is 32.9. The fourth-order valence-electron chi connectivity index (χ4n) is 2.33. The molecule has 4 aromatic rings. The third-order valence-electron chi connectivity index (χ3n) is 3.99. The summed E-state index contributed by atoms with van der Waals surface area (Å²) in [6, 6.07) is 5.10. The molecule has 0 bridgehead atoms. The van der Waals surface area contributed by atoms with Crippen molar-refractivity contribution in [2.45, 2.75) is 40.2 Å². The van der Waals surface area contributed by atoms with E-state index >= 15 is 0 Å². The van der Waals surface area contributed by atoms with Crippen molar-refractivity contribution in [2.24, 2.45) is 0 Å². The molecule has 23 nitrogen and oxygen atoms in total. The molecule has 0 aliphatic rings. The van der Waals surface area contributed by atoms with Crippen molar-refractivity contribution in [3.05, 3.63) is 71.7 Å². The van der Waals surface area contributed by atoms with Crippen LogP contribution in [0.5, 0.6) is 0 Å². The van der Waals surface area contributed by atoms with Crippen molar-refractivity contribution in [1.82, 2.24) is 40.8 Å². The molecule has 0 saturated carbocycles. The van der Waals surface area contributed by atoms with Crippen LogP contribution in [0.25, 0.3) is 0 Å². The molecular weight excluding hydrogens is 582 g/mol. The first kappa shape index (κ1) is 34.6. The minimum atomic E-state index is -1.30. The molecular formula is C20H27N13O10. The van der Waals surface area contributed by atoms with Gasteiger partial charge in [0.25, 0.3) is 0 Å². The molecule has 0 aliphatic carbocycles. The number of hydrogen-bond donors (Lipinski definition) is 7. The van der Waals surface area contributed by atoms with Gasteiger partial charge < -0.3 is 45.9 Å². The van der Waals surface area contributed by atoms with Crippen molar-refractivity contribution in [1.29, 1.82) is 0 Å². The van der Waals surface area contributed by atoms with Gasteiger partial charge in [-0.1, -0.05) is 15.3 Å². The highest BCUT2D eigenvalue weighted by atomic mass is 16.6. The Morgan fingerprint density at radius 3 is 1.65 bits per heavy atom. The first-order valence-electron chi connectivity index (χ1n) is 11.4. The van der Waals surface area contributed by atoms with Gasteiger partial charge in [0, 0.05) is 11.8 Å². The van der Waals surface area contributed by atoms with Crippen molar-refractivity contribution < 1.29 is 34.2 Å². The van der Waals surface area contributed by atoms with Gasteiger partial charge in [-0.2, -0.15) is 5.10 Å². The number of nitrogens with zero attached hydrogens (tertiary/aromatic N) is 7. The number of carboxylic acid groups (broad SMARTS) is 1. The number of nitrogens with two attached hydrogens (primary N) is 1. The number of H-pyrrole nitrogens is 4. The monoisotopic (exact) mass is 609 g/mol. The molecule has 0 spiro atoms. The lowest BCUT2D eigenvalue weighted by Crippen LogP contribution is -2.27. The summed E-state index contributed by atoms with van der Waals surface area (Å²) >= 11 is 0.